The van der Waals surface area contributed by atoms with Crippen LogP contribution in [0.5, 0.6) is 0 Å². The lowest BCUT2D eigenvalue weighted by Gasteiger charge is -2.41. The van der Waals surface area contributed by atoms with Gasteiger partial charge in [-0.05, 0) is 19.8 Å². The van der Waals surface area contributed by atoms with E-state index < -0.39 is 12.1 Å². The quantitative estimate of drug-likeness (QED) is 0.905. The number of hydrogen-bond acceptors (Lipinski definition) is 4. The number of rotatable bonds is 5. The van der Waals surface area contributed by atoms with Crippen molar-refractivity contribution in [1.29, 1.82) is 0 Å². The van der Waals surface area contributed by atoms with E-state index in [9.17, 15) is 9.59 Å². The molecule has 1 aliphatic rings. The highest BCUT2D eigenvalue weighted by Crippen LogP contribution is 2.30. The van der Waals surface area contributed by atoms with Gasteiger partial charge in [0.05, 0.1) is 6.04 Å². The van der Waals surface area contributed by atoms with Crippen molar-refractivity contribution in [2.75, 3.05) is 0 Å². The Labute approximate surface area is 123 Å². The lowest BCUT2D eigenvalue weighted by atomic mass is 10.0. The third-order valence-electron chi connectivity index (χ3n) is 3.70. The van der Waals surface area contributed by atoms with Gasteiger partial charge in [0.15, 0.2) is 0 Å². The minimum atomic E-state index is -0.440. The highest BCUT2D eigenvalue weighted by Gasteiger charge is 2.41. The van der Waals surface area contributed by atoms with E-state index >= 15 is 0 Å². The molecule has 0 saturated carbocycles. The fourth-order valence-electron chi connectivity index (χ4n) is 2.65. The van der Waals surface area contributed by atoms with Gasteiger partial charge in [0.25, 0.3) is 0 Å². The summed E-state index contributed by atoms with van der Waals surface area (Å²) in [6, 6.07) is -0.940. The van der Waals surface area contributed by atoms with Crippen LogP contribution in [-0.2, 0) is 9.59 Å². The van der Waals surface area contributed by atoms with Gasteiger partial charge >= 0.3 is 0 Å². The van der Waals surface area contributed by atoms with E-state index in [1.807, 2.05) is 19.2 Å². The third-order valence-corrected chi connectivity index (χ3v) is 4.58. The molecule has 2 heterocycles. The van der Waals surface area contributed by atoms with Gasteiger partial charge in [-0.15, -0.1) is 11.3 Å². The molecule has 0 aliphatic carbocycles. The molecule has 1 aromatic rings. The van der Waals surface area contributed by atoms with E-state index in [1.54, 1.807) is 18.0 Å². The molecule has 5 nitrogen and oxygen atoms in total. The van der Waals surface area contributed by atoms with Crippen molar-refractivity contribution in [3.8, 4) is 0 Å². The molecule has 1 fully saturated rings. The lowest BCUT2D eigenvalue weighted by molar-refractivity contribution is -0.152. The topological polar surface area (TPSA) is 62.3 Å². The molecule has 20 heavy (non-hydrogen) atoms. The SMILES string of the molecule is CCCC1NC(=O)C(C)N(C(CC)c2nccs2)C1=O. The van der Waals surface area contributed by atoms with Crippen molar-refractivity contribution in [3.63, 3.8) is 0 Å². The number of nitrogens with one attached hydrogen (secondary N) is 1. The van der Waals surface area contributed by atoms with Crippen LogP contribution in [0.25, 0.3) is 0 Å². The molecule has 110 valence electrons. The second-order valence-electron chi connectivity index (χ2n) is 5.07. The molecule has 1 saturated heterocycles. The number of hydrogen-bond donors (Lipinski definition) is 1. The fourth-order valence-corrected chi connectivity index (χ4v) is 3.47. The summed E-state index contributed by atoms with van der Waals surface area (Å²) < 4.78 is 0. The summed E-state index contributed by atoms with van der Waals surface area (Å²) in [4.78, 5) is 30.8. The molecule has 0 bridgehead atoms. The Bertz CT molecular complexity index is 475. The van der Waals surface area contributed by atoms with Crippen molar-refractivity contribution in [2.45, 2.75) is 58.2 Å². The van der Waals surface area contributed by atoms with Gasteiger partial charge in [-0.2, -0.15) is 0 Å². The van der Waals surface area contributed by atoms with Gasteiger partial charge in [0.1, 0.15) is 17.1 Å². The zero-order chi connectivity index (χ0) is 14.7. The molecule has 2 rings (SSSR count). The Morgan fingerprint density at radius 3 is 2.75 bits per heavy atom. The van der Waals surface area contributed by atoms with E-state index in [0.29, 0.717) is 6.42 Å². The molecule has 2 amide bonds. The summed E-state index contributed by atoms with van der Waals surface area (Å²) in [6.07, 6.45) is 4.05. The Balaban J connectivity index is 2.30. The summed E-state index contributed by atoms with van der Waals surface area (Å²) >= 11 is 1.53. The predicted molar refractivity (Wildman–Crippen MR) is 78.3 cm³/mol. The van der Waals surface area contributed by atoms with Crippen molar-refractivity contribution in [1.82, 2.24) is 15.2 Å². The van der Waals surface area contributed by atoms with Crippen LogP contribution in [0.1, 0.15) is 51.1 Å². The molecule has 0 spiro atoms. The van der Waals surface area contributed by atoms with Crippen molar-refractivity contribution < 1.29 is 9.59 Å². The molecule has 3 unspecified atom stereocenters. The molecule has 0 radical (unpaired) electrons. The first-order valence-electron chi connectivity index (χ1n) is 7.12. The van der Waals surface area contributed by atoms with E-state index in [0.717, 1.165) is 17.8 Å². The molecular weight excluding hydrogens is 274 g/mol. The Morgan fingerprint density at radius 1 is 1.45 bits per heavy atom. The van der Waals surface area contributed by atoms with E-state index in [1.165, 1.54) is 11.3 Å². The van der Waals surface area contributed by atoms with Crippen LogP contribution in [0.4, 0.5) is 0 Å². The average Bonchev–Trinajstić information content (AvgIpc) is 2.95. The third kappa shape index (κ3) is 2.70. The first kappa shape index (κ1) is 15.0. The van der Waals surface area contributed by atoms with Crippen molar-refractivity contribution >= 4 is 23.2 Å². The summed E-state index contributed by atoms with van der Waals surface area (Å²) in [6.45, 7) is 5.82. The van der Waals surface area contributed by atoms with Crippen molar-refractivity contribution in [2.24, 2.45) is 0 Å². The number of carbonyl (C=O) groups is 2. The van der Waals surface area contributed by atoms with Gasteiger partial charge in [-0.1, -0.05) is 20.3 Å². The van der Waals surface area contributed by atoms with E-state index in [4.69, 9.17) is 0 Å². The van der Waals surface area contributed by atoms with Crippen LogP contribution in [0.2, 0.25) is 0 Å². The maximum atomic E-state index is 12.7. The summed E-state index contributed by atoms with van der Waals surface area (Å²) in [5, 5.41) is 5.63. The number of amides is 2. The molecule has 1 aliphatic heterocycles. The zero-order valence-corrected chi connectivity index (χ0v) is 12.9. The molecule has 6 heteroatoms. The number of aromatic nitrogens is 1. The maximum Gasteiger partial charge on any atom is 0.246 e. The van der Waals surface area contributed by atoms with E-state index in [-0.39, 0.29) is 17.9 Å². The second-order valence-corrected chi connectivity index (χ2v) is 5.99. The van der Waals surface area contributed by atoms with Crippen molar-refractivity contribution in [3.05, 3.63) is 16.6 Å². The smallest absolute Gasteiger partial charge is 0.246 e. The number of nitrogens with zero attached hydrogens (tertiary/aromatic N) is 2. The first-order chi connectivity index (χ1) is 9.60. The van der Waals surface area contributed by atoms with Gasteiger partial charge < -0.3 is 10.2 Å². The van der Waals surface area contributed by atoms with Gasteiger partial charge in [-0.3, -0.25) is 9.59 Å². The standard InChI is InChI=1S/C14H21N3O2S/c1-4-6-10-14(19)17(9(3)12(18)16-10)11(5-2)13-15-7-8-20-13/h7-11H,4-6H2,1-3H3,(H,16,18). The number of carbonyl (C=O) groups excluding carboxylic acids is 2. The molecule has 3 atom stereocenters. The minimum absolute atomic E-state index is 0.0148. The van der Waals surface area contributed by atoms with Gasteiger partial charge in [0.2, 0.25) is 11.8 Å². The fraction of sp³-hybridized carbons (Fsp3) is 0.643. The van der Waals surface area contributed by atoms with Crippen LogP contribution >= 0.6 is 11.3 Å². The average molecular weight is 295 g/mol. The highest BCUT2D eigenvalue weighted by atomic mass is 32.1. The summed E-state index contributed by atoms with van der Waals surface area (Å²) in [5.74, 6) is -0.0564. The monoisotopic (exact) mass is 295 g/mol. The zero-order valence-electron chi connectivity index (χ0n) is 12.1. The van der Waals surface area contributed by atoms with Crippen LogP contribution in [0.15, 0.2) is 11.6 Å². The largest absolute Gasteiger partial charge is 0.343 e. The molecular formula is C14H21N3O2S. The van der Waals surface area contributed by atoms with Gasteiger partial charge in [-0.25, -0.2) is 4.98 Å². The maximum absolute atomic E-state index is 12.7. The molecule has 1 N–H and O–H groups in total. The second kappa shape index (κ2) is 6.35. The lowest BCUT2D eigenvalue weighted by Crippen LogP contribution is -2.62. The Kier molecular flexibility index (Phi) is 4.75. The Morgan fingerprint density at radius 2 is 2.20 bits per heavy atom. The highest BCUT2D eigenvalue weighted by molar-refractivity contribution is 7.09. The van der Waals surface area contributed by atoms with E-state index in [2.05, 4.69) is 10.3 Å². The predicted octanol–water partition coefficient (Wildman–Crippen LogP) is 2.11. The number of thiazole rings is 1. The first-order valence-corrected chi connectivity index (χ1v) is 8.00. The normalized spacial score (nSPS) is 24.6. The molecule has 0 aromatic carbocycles. The van der Waals surface area contributed by atoms with Gasteiger partial charge in [0, 0.05) is 11.6 Å². The number of piperazine rings is 1. The van der Waals surface area contributed by atoms with Crippen LogP contribution in [0, 0.1) is 0 Å². The molecule has 1 aromatic heterocycles. The summed E-state index contributed by atoms with van der Waals surface area (Å²) in [5.41, 5.74) is 0. The summed E-state index contributed by atoms with van der Waals surface area (Å²) in [7, 11) is 0. The van der Waals surface area contributed by atoms with Crippen LogP contribution in [-0.4, -0.2) is 33.8 Å². The Hall–Kier alpha value is -1.43. The van der Waals surface area contributed by atoms with Crippen LogP contribution in [0.3, 0.4) is 0 Å². The minimum Gasteiger partial charge on any atom is -0.343 e. The van der Waals surface area contributed by atoms with Crippen LogP contribution < -0.4 is 5.32 Å².